The SMILES string of the molecule is CCCC/C=C/CCCCCCCCCCCC(=O)OC[C@H](COP(=O)(O)OC1C(O)C(O)C(O)[C@@H](O)C1O)OC(=O)CCCCCCC/C=C/CCCC. The van der Waals surface area contributed by atoms with Gasteiger partial charge in [0.25, 0.3) is 0 Å². The summed E-state index contributed by atoms with van der Waals surface area (Å²) >= 11 is 0. The fourth-order valence-corrected chi connectivity index (χ4v) is 7.22. The summed E-state index contributed by atoms with van der Waals surface area (Å²) in [5, 5.41) is 50.0. The molecule has 0 radical (unpaired) electrons. The molecule has 0 bridgehead atoms. The lowest BCUT2D eigenvalue weighted by atomic mass is 9.85. The van der Waals surface area contributed by atoms with Crippen molar-refractivity contribution in [2.75, 3.05) is 13.2 Å². The summed E-state index contributed by atoms with van der Waals surface area (Å²) in [6.45, 7) is 3.20. The van der Waals surface area contributed by atoms with Crippen LogP contribution in [0.15, 0.2) is 24.3 Å². The molecule has 55 heavy (non-hydrogen) atoms. The van der Waals surface area contributed by atoms with Crippen LogP contribution in [0.3, 0.4) is 0 Å². The van der Waals surface area contributed by atoms with E-state index in [1.54, 1.807) is 0 Å². The predicted molar refractivity (Wildman–Crippen MR) is 212 cm³/mol. The largest absolute Gasteiger partial charge is 0.472 e. The molecule has 1 fully saturated rings. The maximum absolute atomic E-state index is 12.8. The third kappa shape index (κ3) is 25.3. The van der Waals surface area contributed by atoms with Gasteiger partial charge in [-0.2, -0.15) is 0 Å². The summed E-state index contributed by atoms with van der Waals surface area (Å²) in [6.07, 6.45) is 19.6. The van der Waals surface area contributed by atoms with E-state index in [1.165, 1.54) is 64.2 Å². The number of allylic oxidation sites excluding steroid dienone is 4. The van der Waals surface area contributed by atoms with Gasteiger partial charge in [0.05, 0.1) is 6.61 Å². The van der Waals surface area contributed by atoms with Crippen LogP contribution in [0.2, 0.25) is 0 Å². The van der Waals surface area contributed by atoms with Crippen molar-refractivity contribution < 1.29 is 63.1 Å². The molecule has 1 saturated carbocycles. The smallest absolute Gasteiger partial charge is 0.462 e. The van der Waals surface area contributed by atoms with Crippen molar-refractivity contribution in [1.29, 1.82) is 0 Å². The quantitative estimate of drug-likeness (QED) is 0.0164. The van der Waals surface area contributed by atoms with Gasteiger partial charge in [-0.25, -0.2) is 4.57 Å². The van der Waals surface area contributed by atoms with E-state index in [4.69, 9.17) is 18.5 Å². The highest BCUT2D eigenvalue weighted by molar-refractivity contribution is 7.47. The first-order chi connectivity index (χ1) is 26.4. The van der Waals surface area contributed by atoms with Crippen LogP contribution in [-0.2, 0) is 32.7 Å². The van der Waals surface area contributed by atoms with E-state index in [0.29, 0.717) is 12.8 Å². The number of hydrogen-bond donors (Lipinski definition) is 6. The van der Waals surface area contributed by atoms with E-state index in [1.807, 2.05) is 0 Å². The molecule has 1 aliphatic rings. The van der Waals surface area contributed by atoms with Crippen molar-refractivity contribution in [2.45, 2.75) is 211 Å². The summed E-state index contributed by atoms with van der Waals surface area (Å²) in [7, 11) is -5.11. The molecule has 0 heterocycles. The molecule has 1 aliphatic carbocycles. The summed E-state index contributed by atoms with van der Waals surface area (Å²) in [5.41, 5.74) is 0. The van der Waals surface area contributed by atoms with Crippen LogP contribution in [0.25, 0.3) is 0 Å². The van der Waals surface area contributed by atoms with Gasteiger partial charge in [-0.15, -0.1) is 0 Å². The van der Waals surface area contributed by atoms with Crippen molar-refractivity contribution in [3.63, 3.8) is 0 Å². The van der Waals surface area contributed by atoms with Gasteiger partial charge in [0.1, 0.15) is 43.2 Å². The van der Waals surface area contributed by atoms with Gasteiger partial charge in [0, 0.05) is 12.8 Å². The van der Waals surface area contributed by atoms with E-state index >= 15 is 0 Å². The van der Waals surface area contributed by atoms with E-state index < -0.39 is 75.7 Å². The second-order valence-corrected chi connectivity index (χ2v) is 16.2. The maximum atomic E-state index is 12.8. The first-order valence-corrected chi connectivity index (χ1v) is 22.6. The Morgan fingerprint density at radius 2 is 0.927 bits per heavy atom. The molecule has 0 aliphatic heterocycles. The Labute approximate surface area is 330 Å². The van der Waals surface area contributed by atoms with Crippen LogP contribution in [0.4, 0.5) is 0 Å². The Kier molecular flexibility index (Phi) is 30.2. The van der Waals surface area contributed by atoms with Crippen molar-refractivity contribution in [3.8, 4) is 0 Å². The van der Waals surface area contributed by atoms with Gasteiger partial charge in [0.15, 0.2) is 6.10 Å². The monoisotopic (exact) mass is 806 g/mol. The number of phosphoric ester groups is 1. The van der Waals surface area contributed by atoms with Crippen LogP contribution in [0.1, 0.15) is 168 Å². The number of carbonyl (C=O) groups excluding carboxylic acids is 2. The molecule has 0 aromatic heterocycles. The molecule has 14 heteroatoms. The van der Waals surface area contributed by atoms with Crippen molar-refractivity contribution in [1.82, 2.24) is 0 Å². The second kappa shape index (κ2) is 32.3. The number of hydrogen-bond acceptors (Lipinski definition) is 12. The molecular formula is C41H75O13P. The third-order valence-electron chi connectivity index (χ3n) is 9.77. The van der Waals surface area contributed by atoms with Gasteiger partial charge >= 0.3 is 19.8 Å². The normalized spacial score (nSPS) is 23.3. The highest BCUT2D eigenvalue weighted by atomic mass is 31.2. The lowest BCUT2D eigenvalue weighted by Gasteiger charge is -2.41. The van der Waals surface area contributed by atoms with Crippen LogP contribution in [-0.4, -0.2) is 98.3 Å². The Balaban J connectivity index is 2.49. The van der Waals surface area contributed by atoms with Crippen molar-refractivity contribution >= 4 is 19.8 Å². The van der Waals surface area contributed by atoms with E-state index in [-0.39, 0.29) is 12.8 Å². The Bertz CT molecular complexity index is 1070. The molecule has 6 unspecified atom stereocenters. The van der Waals surface area contributed by atoms with Gasteiger partial charge in [0.2, 0.25) is 0 Å². The Morgan fingerprint density at radius 3 is 1.38 bits per heavy atom. The molecule has 0 spiro atoms. The molecule has 1 rings (SSSR count). The summed E-state index contributed by atoms with van der Waals surface area (Å²) in [5.74, 6) is -1.11. The molecular weight excluding hydrogens is 731 g/mol. The Morgan fingerprint density at radius 1 is 0.545 bits per heavy atom. The van der Waals surface area contributed by atoms with Crippen molar-refractivity contribution in [2.24, 2.45) is 0 Å². The highest BCUT2D eigenvalue weighted by Crippen LogP contribution is 2.47. The standard InChI is InChI=1S/C41H75O13P/c1-3-5-7-9-11-13-15-16-17-18-20-21-23-25-27-29-34(42)51-31-33(53-35(43)30-28-26-24-22-19-14-12-10-8-6-4-2)32-52-55(49,50)54-41-39(47)37(45)36(44)38(46)40(41)48/h9-12,33,36-41,44-48H,3-8,13-32H2,1-2H3,(H,49,50)/b11-9+,12-10+/t33-,36?,37-,38?,39?,40?,41?/m1/s1. The summed E-state index contributed by atoms with van der Waals surface area (Å²) in [6, 6.07) is 0. The number of aliphatic hydroxyl groups is 5. The second-order valence-electron chi connectivity index (χ2n) is 14.8. The van der Waals surface area contributed by atoms with Gasteiger partial charge in [-0.1, -0.05) is 128 Å². The van der Waals surface area contributed by atoms with Gasteiger partial charge in [-0.05, 0) is 51.4 Å². The average Bonchev–Trinajstić information content (AvgIpc) is 3.16. The number of carbonyl (C=O) groups is 2. The van der Waals surface area contributed by atoms with Crippen LogP contribution < -0.4 is 0 Å². The topological polar surface area (TPSA) is 210 Å². The molecule has 0 saturated heterocycles. The predicted octanol–water partition coefficient (Wildman–Crippen LogP) is 7.28. The fraction of sp³-hybridized carbons (Fsp3) is 0.854. The molecule has 13 nitrogen and oxygen atoms in total. The fourth-order valence-electron chi connectivity index (χ4n) is 6.25. The van der Waals surface area contributed by atoms with E-state index in [0.717, 1.165) is 64.2 Å². The minimum Gasteiger partial charge on any atom is -0.462 e. The number of ether oxygens (including phenoxy) is 2. The number of esters is 2. The molecule has 322 valence electrons. The van der Waals surface area contributed by atoms with E-state index in [2.05, 4.69) is 38.2 Å². The third-order valence-corrected chi connectivity index (χ3v) is 10.8. The van der Waals surface area contributed by atoms with Gasteiger partial charge in [-0.3, -0.25) is 18.6 Å². The highest BCUT2D eigenvalue weighted by Gasteiger charge is 2.51. The Hall–Kier alpha value is -1.67. The summed E-state index contributed by atoms with van der Waals surface area (Å²) in [4.78, 5) is 35.5. The van der Waals surface area contributed by atoms with E-state index in [9.17, 15) is 44.6 Å². The van der Waals surface area contributed by atoms with Crippen LogP contribution in [0.5, 0.6) is 0 Å². The minimum atomic E-state index is -5.11. The van der Waals surface area contributed by atoms with Crippen LogP contribution >= 0.6 is 7.82 Å². The minimum absolute atomic E-state index is 0.0870. The number of unbranched alkanes of at least 4 members (excludes halogenated alkanes) is 18. The zero-order chi connectivity index (χ0) is 40.7. The van der Waals surface area contributed by atoms with Gasteiger partial charge < -0.3 is 39.9 Å². The molecule has 0 aromatic rings. The molecule has 8 atom stereocenters. The molecule has 6 N–H and O–H groups in total. The summed E-state index contributed by atoms with van der Waals surface area (Å²) < 4.78 is 33.4. The maximum Gasteiger partial charge on any atom is 0.472 e. The lowest BCUT2D eigenvalue weighted by Crippen LogP contribution is -2.64. The first kappa shape index (κ1) is 51.3. The zero-order valence-electron chi connectivity index (χ0n) is 33.7. The molecule has 0 aromatic carbocycles. The van der Waals surface area contributed by atoms with Crippen LogP contribution in [0, 0.1) is 0 Å². The first-order valence-electron chi connectivity index (χ1n) is 21.1. The number of aliphatic hydroxyl groups excluding tert-OH is 5. The zero-order valence-corrected chi connectivity index (χ0v) is 34.6. The lowest BCUT2D eigenvalue weighted by molar-refractivity contribution is -0.220. The average molecular weight is 807 g/mol. The molecule has 0 amide bonds. The van der Waals surface area contributed by atoms with Crippen molar-refractivity contribution in [3.05, 3.63) is 24.3 Å². The number of rotatable bonds is 34. The number of phosphoric acid groups is 1.